The minimum absolute atomic E-state index is 0.0720. The normalized spacial score (nSPS) is 19.9. The molecule has 752 valence electrons. The van der Waals surface area contributed by atoms with Crippen molar-refractivity contribution in [3.63, 3.8) is 0 Å². The smallest absolute Gasteiger partial charge is 0.410 e. The summed E-state index contributed by atoms with van der Waals surface area (Å²) in [5.41, 5.74) is 6.96. The number of halogens is 6. The maximum absolute atomic E-state index is 15.6. The molecule has 3 atom stereocenters. The molecule has 11 aromatic rings. The van der Waals surface area contributed by atoms with Crippen LogP contribution >= 0.6 is 0 Å². The number of rotatable bonds is 17. The summed E-state index contributed by atoms with van der Waals surface area (Å²) >= 11 is 0. The molecule has 8 fully saturated rings. The molecule has 4 N–H and O–H groups in total. The third-order valence-electron chi connectivity index (χ3n) is 28.8. The van der Waals surface area contributed by atoms with Gasteiger partial charge in [0.15, 0.2) is 23.3 Å². The number of piperazine rings is 3. The standard InChI is InChI=1S/C41H39F3N8O4.C24H21F3N4O.C22H26N4O6.C17H18N4O4/c42-30-20-26(25-4-5-27-29-23-45-12-8-31(29)51(41(43)44)34(27)21-25)22-46-37(30)50-14-10-24(11-15-50)9-13-48-16-18-49(19-17-48)32-3-1-2-28-36(32)40(56)52(39(28)55)33-6-7-35(53)47-38(33)54;25-20-11-17(13-29-23(20)30-8-4-15(5-9-30)6-10-32)16-1-2-18-19-14-28-7-3-21(19)31(24(26)27)22(18)12-16;1-22(2,3)32-21(31)25-11-9-24(10-12-25)14-6-4-5-13-17(14)20(30)26(19(13)29)15-7-8-16(27)23-18(15)28;22-13-5-4-12(15(23)19-13)21-16(24)10-2-1-3-11(14(10)17(21)25)20-8-6-18-7-9-20/h1-5,8,12,20-24,33,41H,6-7,9-11,13-19H2,(H,47,53,54);1-3,7,10-15,24H,4-6,8-9H2;4-6,15H,7-12H2,1-3H3,(H,23,27,28);1-3,12,18H,4-9H2,(H,19,22,23). The van der Waals surface area contributed by atoms with Gasteiger partial charge in [-0.3, -0.25) is 112 Å². The predicted molar refractivity (Wildman–Crippen MR) is 522 cm³/mol. The van der Waals surface area contributed by atoms with Crippen LogP contribution in [0.3, 0.4) is 0 Å². The van der Waals surface area contributed by atoms with Crippen LogP contribution < -0.4 is 45.8 Å². The molecule has 17 heterocycles. The van der Waals surface area contributed by atoms with Gasteiger partial charge in [0.05, 0.1) is 72.5 Å². The van der Waals surface area contributed by atoms with Crippen molar-refractivity contribution >= 4 is 156 Å². The average molecular weight is 1990 g/mol. The fourth-order valence-electron chi connectivity index (χ4n) is 21.4. The first-order valence-corrected chi connectivity index (χ1v) is 48.6. The van der Waals surface area contributed by atoms with E-state index in [1.807, 2.05) is 47.6 Å². The second kappa shape index (κ2) is 41.1. The average Bonchev–Trinajstić information content (AvgIpc) is 1.60. The highest BCUT2D eigenvalue weighted by molar-refractivity contribution is 6.28. The van der Waals surface area contributed by atoms with Gasteiger partial charge in [-0.1, -0.05) is 42.5 Å². The number of aromatic nitrogens is 6. The number of nitrogens with one attached hydrogen (secondary N) is 4. The van der Waals surface area contributed by atoms with E-state index < -0.39 is 113 Å². The lowest BCUT2D eigenvalue weighted by Crippen LogP contribution is -2.54. The molecule has 5 aromatic carbocycles. The SMILES string of the molecule is CC(C)(C)OC(=O)N1CCN(c2cccc3c2C(=O)N(C2CCC(=O)NC2=O)C3=O)CC1.O=C1CCC(N2C(=O)c3cccc(N4CCN(CCC5CCN(c6ncc(-c7ccc8c9cnccc9n(C(F)F)c8c7)cc6F)CC5)CC4)c3C2=O)C(=O)N1.O=C1CCC(N2C(=O)c3cccc(N4CCNCC4)c3C2=O)C(=O)N1.O=CCC1CCN(c2ncc(-c3ccc4c5cnccc5n(C(F)F)c4c3)cc2F)CC1. The molecule has 22 rings (SSSR count). The Hall–Kier alpha value is -15.4. The van der Waals surface area contributed by atoms with E-state index in [4.69, 9.17) is 4.74 Å². The van der Waals surface area contributed by atoms with Gasteiger partial charge in [-0.25, -0.2) is 23.5 Å². The number of nitrogens with zero attached hydrogens (tertiary/aromatic N) is 16. The molecule has 0 aliphatic carbocycles. The van der Waals surface area contributed by atoms with Crippen LogP contribution in [0.25, 0.3) is 65.9 Å². The van der Waals surface area contributed by atoms with Crippen molar-refractivity contribution in [2.24, 2.45) is 11.8 Å². The van der Waals surface area contributed by atoms with Gasteiger partial charge in [0.25, 0.3) is 35.4 Å². The maximum atomic E-state index is 15.6. The molecule has 11 aliphatic rings. The minimum Gasteiger partial charge on any atom is -0.444 e. The number of carbonyl (C=O) groups excluding carboxylic acids is 14. The maximum Gasteiger partial charge on any atom is 0.410 e. The van der Waals surface area contributed by atoms with Crippen molar-refractivity contribution in [1.82, 2.24) is 74.8 Å². The second-order valence-electron chi connectivity index (χ2n) is 38.6. The van der Waals surface area contributed by atoms with Gasteiger partial charge in [-0.2, -0.15) is 17.6 Å². The summed E-state index contributed by atoms with van der Waals surface area (Å²) < 4.78 is 93.8. The molecule has 0 saturated carbocycles. The number of amides is 13. The number of carbonyl (C=O) groups is 14. The number of piperidine rings is 5. The lowest BCUT2D eigenvalue weighted by molar-refractivity contribution is -0.137. The Morgan fingerprint density at radius 1 is 0.421 bits per heavy atom. The van der Waals surface area contributed by atoms with Gasteiger partial charge in [0, 0.05) is 200 Å². The lowest BCUT2D eigenvalue weighted by Gasteiger charge is -2.38. The number of hydrogen-bond acceptors (Lipinski definition) is 26. The monoisotopic (exact) mass is 1990 g/mol. The number of pyridine rings is 4. The Kier molecular flexibility index (Phi) is 27.9. The molecule has 11 aliphatic heterocycles. The highest BCUT2D eigenvalue weighted by Crippen LogP contribution is 2.44. The molecule has 0 radical (unpaired) electrons. The molecular formula is C104H104F6N20O15. The minimum atomic E-state index is -2.75. The lowest BCUT2D eigenvalue weighted by atomic mass is 9.93. The summed E-state index contributed by atoms with van der Waals surface area (Å²) in [6.45, 7) is 11.3. The molecule has 41 heteroatoms. The molecule has 13 amide bonds. The molecule has 6 aromatic heterocycles. The summed E-state index contributed by atoms with van der Waals surface area (Å²) in [4.78, 5) is 207. The fourth-order valence-corrected chi connectivity index (χ4v) is 21.4. The van der Waals surface area contributed by atoms with Crippen LogP contribution in [0.5, 0.6) is 0 Å². The van der Waals surface area contributed by atoms with E-state index in [2.05, 4.69) is 55.9 Å². The van der Waals surface area contributed by atoms with Crippen molar-refractivity contribution in [2.75, 3.05) is 136 Å². The fraction of sp³-hybridized carbons (Fsp3) is 0.385. The molecule has 3 unspecified atom stereocenters. The number of alkyl halides is 4. The van der Waals surface area contributed by atoms with Crippen LogP contribution in [-0.4, -0.2) is 272 Å². The van der Waals surface area contributed by atoms with Crippen LogP contribution in [-0.2, 0) is 38.3 Å². The number of anilines is 5. The molecular weight excluding hydrogens is 1880 g/mol. The van der Waals surface area contributed by atoms with Crippen molar-refractivity contribution in [3.8, 4) is 22.3 Å². The first-order chi connectivity index (χ1) is 69.9. The molecule has 0 spiro atoms. The zero-order chi connectivity index (χ0) is 102. The summed E-state index contributed by atoms with van der Waals surface area (Å²) in [5, 5.41) is 12.5. The van der Waals surface area contributed by atoms with Crippen LogP contribution in [0, 0.1) is 23.5 Å². The van der Waals surface area contributed by atoms with Gasteiger partial charge in [0.2, 0.25) is 35.4 Å². The first kappa shape index (κ1) is 98.4. The summed E-state index contributed by atoms with van der Waals surface area (Å²) in [6, 6.07) is 28.9. The van der Waals surface area contributed by atoms with E-state index in [0.29, 0.717) is 183 Å². The number of fused-ring (bicyclic) bond motifs is 9. The molecule has 145 heavy (non-hydrogen) atoms. The Balaban J connectivity index is 0.000000129. The Morgan fingerprint density at radius 3 is 1.18 bits per heavy atom. The third kappa shape index (κ3) is 19.6. The van der Waals surface area contributed by atoms with Gasteiger partial charge in [-0.15, -0.1) is 0 Å². The van der Waals surface area contributed by atoms with Gasteiger partial charge in [-0.05, 0) is 174 Å². The van der Waals surface area contributed by atoms with Gasteiger partial charge in [0.1, 0.15) is 30.0 Å². The first-order valence-electron chi connectivity index (χ1n) is 48.6. The number of benzene rings is 5. The van der Waals surface area contributed by atoms with Crippen LogP contribution in [0.2, 0.25) is 0 Å². The largest absolute Gasteiger partial charge is 0.444 e. The van der Waals surface area contributed by atoms with Crippen LogP contribution in [0.4, 0.5) is 59.8 Å². The van der Waals surface area contributed by atoms with Gasteiger partial charge >= 0.3 is 19.2 Å². The highest BCUT2D eigenvalue weighted by atomic mass is 19.3. The number of aldehydes is 1. The quantitative estimate of drug-likeness (QED) is 0.0374. The van der Waals surface area contributed by atoms with Crippen molar-refractivity contribution in [2.45, 2.75) is 135 Å². The van der Waals surface area contributed by atoms with Crippen molar-refractivity contribution in [3.05, 3.63) is 197 Å². The van der Waals surface area contributed by atoms with Crippen molar-refractivity contribution < 1.29 is 98.2 Å². The zero-order valence-electron chi connectivity index (χ0n) is 79.6. The van der Waals surface area contributed by atoms with Gasteiger partial charge < -0.3 is 44.2 Å². The topological polar surface area (TPSA) is 390 Å². The van der Waals surface area contributed by atoms with Crippen LogP contribution in [0.15, 0.2) is 152 Å². The Bertz CT molecular complexity index is 7080. The molecule has 35 nitrogen and oxygen atoms in total. The Labute approximate surface area is 826 Å². The Morgan fingerprint density at radius 2 is 0.807 bits per heavy atom. The van der Waals surface area contributed by atoms with E-state index >= 15 is 4.39 Å². The van der Waals surface area contributed by atoms with E-state index in [1.54, 1.807) is 121 Å². The number of hydrogen-bond donors (Lipinski definition) is 4. The molecule has 0 bridgehead atoms. The highest BCUT2D eigenvalue weighted by Gasteiger charge is 2.51. The second-order valence-corrected chi connectivity index (χ2v) is 38.6. The zero-order valence-corrected chi connectivity index (χ0v) is 79.6. The summed E-state index contributed by atoms with van der Waals surface area (Å²) in [5.74, 6) is -5.53. The predicted octanol–water partition coefficient (Wildman–Crippen LogP) is 11.8. The van der Waals surface area contributed by atoms with E-state index in [-0.39, 0.29) is 73.0 Å². The van der Waals surface area contributed by atoms with Crippen LogP contribution in [0.1, 0.15) is 173 Å². The number of ether oxygens (including phenoxy) is 1. The van der Waals surface area contributed by atoms with Crippen molar-refractivity contribution in [1.29, 1.82) is 0 Å². The summed E-state index contributed by atoms with van der Waals surface area (Å²) in [6.07, 6.45) is 15.5. The molecule has 8 saturated heterocycles. The number of imide groups is 6. The van der Waals surface area contributed by atoms with E-state index in [9.17, 15) is 89.1 Å². The third-order valence-corrected chi connectivity index (χ3v) is 28.8. The van der Waals surface area contributed by atoms with E-state index in [0.717, 1.165) is 114 Å². The summed E-state index contributed by atoms with van der Waals surface area (Å²) in [7, 11) is 0. The van der Waals surface area contributed by atoms with E-state index in [1.165, 1.54) is 24.5 Å².